The van der Waals surface area contributed by atoms with E-state index in [9.17, 15) is 18.8 Å². The molecule has 1 unspecified atom stereocenters. The Labute approximate surface area is 247 Å². The first-order valence-electron chi connectivity index (χ1n) is 13.4. The van der Waals surface area contributed by atoms with Crippen LogP contribution in [0, 0.1) is 5.82 Å². The molecule has 0 spiro atoms. The van der Waals surface area contributed by atoms with Gasteiger partial charge in [0.15, 0.2) is 5.17 Å². The van der Waals surface area contributed by atoms with Gasteiger partial charge in [0.2, 0.25) is 17.7 Å². The predicted molar refractivity (Wildman–Crippen MR) is 161 cm³/mol. The second-order valence-corrected chi connectivity index (χ2v) is 10.8. The van der Waals surface area contributed by atoms with Gasteiger partial charge < -0.3 is 15.1 Å². The molecule has 3 amide bonds. The molecule has 2 N–H and O–H groups in total. The van der Waals surface area contributed by atoms with Crippen LogP contribution in [0.4, 0.5) is 15.8 Å². The van der Waals surface area contributed by atoms with E-state index in [0.29, 0.717) is 28.7 Å². The van der Waals surface area contributed by atoms with Crippen molar-refractivity contribution in [3.8, 4) is 0 Å². The highest BCUT2D eigenvalue weighted by Gasteiger charge is 2.39. The number of nitrogens with zero attached hydrogens (tertiary/aromatic N) is 2. The van der Waals surface area contributed by atoms with Crippen molar-refractivity contribution in [3.63, 3.8) is 0 Å². The van der Waals surface area contributed by atoms with E-state index in [2.05, 4.69) is 15.6 Å². The first-order chi connectivity index (χ1) is 20.4. The van der Waals surface area contributed by atoms with Crippen molar-refractivity contribution in [2.75, 3.05) is 5.32 Å². The maximum absolute atomic E-state index is 13.8. The van der Waals surface area contributed by atoms with E-state index in [1.807, 2.05) is 30.3 Å². The van der Waals surface area contributed by atoms with E-state index in [1.54, 1.807) is 55.5 Å². The maximum Gasteiger partial charge on any atom is 0.247 e. The highest BCUT2D eigenvalue weighted by Crippen LogP contribution is 2.41. The number of hydrogen-bond acceptors (Lipinski definition) is 6. The fourth-order valence-corrected chi connectivity index (χ4v) is 5.56. The van der Waals surface area contributed by atoms with Crippen molar-refractivity contribution >= 4 is 46.0 Å². The SMILES string of the molecule is C[C@H](NC(=O)CCc1ccccc1)C(=O)Nc1ccc(C2S/C(=N\c3cccc(F)c3)N(Cc3ccco3)C2=O)cc1. The number of thioether (sulfide) groups is 1. The summed E-state index contributed by atoms with van der Waals surface area (Å²) in [6.07, 6.45) is 2.41. The number of benzene rings is 3. The smallest absolute Gasteiger partial charge is 0.247 e. The summed E-state index contributed by atoms with van der Waals surface area (Å²) in [5, 5.41) is 5.39. The summed E-state index contributed by atoms with van der Waals surface area (Å²) in [6, 6.07) is 25.3. The lowest BCUT2D eigenvalue weighted by atomic mass is 10.1. The quantitative estimate of drug-likeness (QED) is 0.238. The Hall–Kier alpha value is -4.70. The van der Waals surface area contributed by atoms with Gasteiger partial charge in [-0.25, -0.2) is 9.38 Å². The molecule has 1 aromatic heterocycles. The molecule has 8 nitrogen and oxygen atoms in total. The van der Waals surface area contributed by atoms with Crippen LogP contribution in [0.2, 0.25) is 0 Å². The molecule has 2 atom stereocenters. The van der Waals surface area contributed by atoms with Gasteiger partial charge in [-0.2, -0.15) is 0 Å². The Morgan fingerprint density at radius 1 is 1.02 bits per heavy atom. The Balaban J connectivity index is 1.22. The molecule has 0 aliphatic carbocycles. The number of rotatable bonds is 10. The zero-order valence-electron chi connectivity index (χ0n) is 22.8. The van der Waals surface area contributed by atoms with Crippen LogP contribution in [0.5, 0.6) is 0 Å². The fourth-order valence-electron chi connectivity index (χ4n) is 4.39. The number of carbonyl (C=O) groups is 3. The largest absolute Gasteiger partial charge is 0.467 e. The van der Waals surface area contributed by atoms with Crippen LogP contribution in [0.15, 0.2) is 107 Å². The van der Waals surface area contributed by atoms with E-state index in [-0.39, 0.29) is 30.7 Å². The number of furan rings is 1. The van der Waals surface area contributed by atoms with Crippen molar-refractivity contribution in [1.29, 1.82) is 0 Å². The average Bonchev–Trinajstić information content (AvgIpc) is 3.61. The lowest BCUT2D eigenvalue weighted by molar-refractivity contribution is -0.126. The van der Waals surface area contributed by atoms with Crippen molar-refractivity contribution in [2.45, 2.75) is 37.6 Å². The molecule has 3 aromatic carbocycles. The molecule has 214 valence electrons. The monoisotopic (exact) mass is 584 g/mol. The van der Waals surface area contributed by atoms with Crippen molar-refractivity contribution in [2.24, 2.45) is 4.99 Å². The second-order valence-electron chi connectivity index (χ2n) is 9.76. The van der Waals surface area contributed by atoms with Gasteiger partial charge in [0.1, 0.15) is 22.9 Å². The topological polar surface area (TPSA) is 104 Å². The van der Waals surface area contributed by atoms with Crippen LogP contribution in [-0.4, -0.2) is 33.8 Å². The summed E-state index contributed by atoms with van der Waals surface area (Å²) in [7, 11) is 0. The molecule has 2 heterocycles. The average molecular weight is 585 g/mol. The number of nitrogens with one attached hydrogen (secondary N) is 2. The van der Waals surface area contributed by atoms with Crippen LogP contribution in [0.3, 0.4) is 0 Å². The third-order valence-electron chi connectivity index (χ3n) is 6.61. The van der Waals surface area contributed by atoms with Crippen molar-refractivity contribution in [3.05, 3.63) is 120 Å². The number of amides is 3. The first kappa shape index (κ1) is 28.8. The number of aliphatic imine (C=N–C) groups is 1. The molecule has 0 bridgehead atoms. The summed E-state index contributed by atoms with van der Waals surface area (Å²) in [5.41, 5.74) is 2.71. The minimum absolute atomic E-state index is 0.185. The number of aryl methyl sites for hydroxylation is 1. The summed E-state index contributed by atoms with van der Waals surface area (Å²) >= 11 is 1.26. The first-order valence-corrected chi connectivity index (χ1v) is 14.3. The third-order valence-corrected chi connectivity index (χ3v) is 7.84. The molecule has 5 rings (SSSR count). The second kappa shape index (κ2) is 13.3. The molecule has 10 heteroatoms. The highest BCUT2D eigenvalue weighted by molar-refractivity contribution is 8.15. The van der Waals surface area contributed by atoms with Crippen molar-refractivity contribution < 1.29 is 23.2 Å². The lowest BCUT2D eigenvalue weighted by Gasteiger charge is -2.16. The Kier molecular flexibility index (Phi) is 9.13. The number of halogens is 1. The summed E-state index contributed by atoms with van der Waals surface area (Å²) in [5.74, 6) is -0.565. The van der Waals surface area contributed by atoms with Crippen LogP contribution in [0.25, 0.3) is 0 Å². The van der Waals surface area contributed by atoms with Crippen LogP contribution in [-0.2, 0) is 27.3 Å². The maximum atomic E-state index is 13.8. The van der Waals surface area contributed by atoms with Crippen LogP contribution < -0.4 is 10.6 Å². The number of carbonyl (C=O) groups excluding carboxylic acids is 3. The lowest BCUT2D eigenvalue weighted by Crippen LogP contribution is -2.41. The number of hydrogen-bond donors (Lipinski definition) is 2. The van der Waals surface area contributed by atoms with Gasteiger partial charge in [0.25, 0.3) is 0 Å². The van der Waals surface area contributed by atoms with Crippen LogP contribution in [0.1, 0.15) is 35.5 Å². The van der Waals surface area contributed by atoms with E-state index in [4.69, 9.17) is 4.42 Å². The van der Waals surface area contributed by atoms with Crippen LogP contribution >= 0.6 is 11.8 Å². The molecule has 4 aromatic rings. The molecule has 1 saturated heterocycles. The molecule has 1 aliphatic heterocycles. The van der Waals surface area contributed by atoms with E-state index >= 15 is 0 Å². The molecule has 1 aliphatic rings. The van der Waals surface area contributed by atoms with Crippen molar-refractivity contribution in [1.82, 2.24) is 10.2 Å². The van der Waals surface area contributed by atoms with Gasteiger partial charge in [0, 0.05) is 12.1 Å². The van der Waals surface area contributed by atoms with E-state index in [0.717, 1.165) is 11.1 Å². The van der Waals surface area contributed by atoms with Gasteiger partial charge >= 0.3 is 0 Å². The zero-order chi connectivity index (χ0) is 29.5. The van der Waals surface area contributed by atoms with E-state index in [1.165, 1.54) is 35.1 Å². The fraction of sp³-hybridized carbons (Fsp3) is 0.188. The summed E-state index contributed by atoms with van der Waals surface area (Å²) in [6.45, 7) is 1.82. The minimum Gasteiger partial charge on any atom is -0.467 e. The van der Waals surface area contributed by atoms with Gasteiger partial charge in [-0.05, 0) is 66.9 Å². The zero-order valence-corrected chi connectivity index (χ0v) is 23.6. The summed E-state index contributed by atoms with van der Waals surface area (Å²) < 4.78 is 19.2. The molecular weight excluding hydrogens is 555 g/mol. The molecule has 1 fully saturated rings. The van der Waals surface area contributed by atoms with Gasteiger partial charge in [-0.3, -0.25) is 19.3 Å². The standard InChI is InChI=1S/C32H29FN4O4S/c1-21(34-28(38)17-12-22-7-3-2-4-8-22)30(39)35-25-15-13-23(14-16-25)29-31(40)37(20-27-11-6-18-41-27)32(42-29)36-26-10-5-9-24(33)19-26/h2-11,13-16,18-19,21,29H,12,17,20H2,1H3,(H,34,38)(H,35,39)/b36-32-/t21-,29?/m0/s1. The Morgan fingerprint density at radius 3 is 2.52 bits per heavy atom. The number of amidine groups is 1. The highest BCUT2D eigenvalue weighted by atomic mass is 32.2. The summed E-state index contributed by atoms with van der Waals surface area (Å²) in [4.78, 5) is 44.6. The Morgan fingerprint density at radius 2 is 1.81 bits per heavy atom. The van der Waals surface area contributed by atoms with Gasteiger partial charge in [0.05, 0.1) is 18.5 Å². The normalized spacial score (nSPS) is 16.4. The molecule has 42 heavy (non-hydrogen) atoms. The molecule has 0 radical (unpaired) electrons. The minimum atomic E-state index is -0.725. The van der Waals surface area contributed by atoms with Gasteiger partial charge in [-0.15, -0.1) is 0 Å². The van der Waals surface area contributed by atoms with E-state index < -0.39 is 17.1 Å². The predicted octanol–water partition coefficient (Wildman–Crippen LogP) is 6.00. The number of anilines is 1. The van der Waals surface area contributed by atoms with Gasteiger partial charge in [-0.1, -0.05) is 60.3 Å². The Bertz CT molecular complexity index is 1580. The third kappa shape index (κ3) is 7.32. The molecular formula is C32H29FN4O4S. The molecule has 0 saturated carbocycles.